The van der Waals surface area contributed by atoms with Crippen molar-refractivity contribution >= 4 is 0 Å². The summed E-state index contributed by atoms with van der Waals surface area (Å²) in [5.41, 5.74) is -0.144. The first-order valence-electron chi connectivity index (χ1n) is 4.55. The fourth-order valence-electron chi connectivity index (χ4n) is 1.34. The van der Waals surface area contributed by atoms with Gasteiger partial charge in [-0.2, -0.15) is 5.26 Å². The van der Waals surface area contributed by atoms with Crippen molar-refractivity contribution in [3.63, 3.8) is 0 Å². The van der Waals surface area contributed by atoms with Gasteiger partial charge in [-0.1, -0.05) is 0 Å². The van der Waals surface area contributed by atoms with Crippen molar-refractivity contribution in [3.8, 4) is 11.8 Å². The van der Waals surface area contributed by atoms with Crippen molar-refractivity contribution < 1.29 is 22.3 Å². The third kappa shape index (κ3) is 3.59. The summed E-state index contributed by atoms with van der Waals surface area (Å²) in [6.45, 7) is 0.354. The Labute approximate surface area is 94.6 Å². The third-order valence-electron chi connectivity index (χ3n) is 1.90. The first-order chi connectivity index (χ1) is 7.87. The zero-order valence-electron chi connectivity index (χ0n) is 8.81. The Hall–Kier alpha value is -1.84. The molecule has 1 rings (SSSR count). The molecule has 1 aromatic rings. The highest BCUT2D eigenvalue weighted by molar-refractivity contribution is 5.40. The lowest BCUT2D eigenvalue weighted by Crippen LogP contribution is -2.19. The quantitative estimate of drug-likeness (QED) is 0.772. The summed E-state index contributed by atoms with van der Waals surface area (Å²) >= 11 is 0. The average molecular weight is 248 g/mol. The molecule has 7 heteroatoms. The van der Waals surface area contributed by atoms with Crippen LogP contribution in [0.1, 0.15) is 17.0 Å². The van der Waals surface area contributed by atoms with Crippen LogP contribution in [0.15, 0.2) is 6.07 Å². The molecule has 0 N–H and O–H groups in total. The second-order valence-electron chi connectivity index (χ2n) is 3.20. The maximum Gasteiger partial charge on any atom is 0.573 e. The van der Waals surface area contributed by atoms with Crippen molar-refractivity contribution in [2.45, 2.75) is 26.4 Å². The topological polar surface area (TPSA) is 45.9 Å². The van der Waals surface area contributed by atoms with Gasteiger partial charge in [0.25, 0.3) is 0 Å². The Kier molecular flexibility index (Phi) is 3.89. The van der Waals surface area contributed by atoms with Gasteiger partial charge >= 0.3 is 6.36 Å². The van der Waals surface area contributed by atoms with E-state index in [0.29, 0.717) is 0 Å². The van der Waals surface area contributed by atoms with Crippen molar-refractivity contribution in [2.75, 3.05) is 0 Å². The van der Waals surface area contributed by atoms with Crippen LogP contribution in [-0.4, -0.2) is 11.3 Å². The van der Waals surface area contributed by atoms with Crippen LogP contribution in [0.2, 0.25) is 0 Å². The summed E-state index contributed by atoms with van der Waals surface area (Å²) in [7, 11) is 0. The highest BCUT2D eigenvalue weighted by Crippen LogP contribution is 2.29. The maximum absolute atomic E-state index is 12.4. The lowest BCUT2D eigenvalue weighted by atomic mass is 10.1. The fraction of sp³-hybridized carbons (Fsp3) is 0.400. The molecule has 0 saturated heterocycles. The predicted molar refractivity (Wildman–Crippen MR) is 49.8 cm³/mol. The van der Waals surface area contributed by atoms with Crippen LogP contribution in [0.4, 0.5) is 17.6 Å². The monoisotopic (exact) mass is 248 g/mol. The molecule has 17 heavy (non-hydrogen) atoms. The lowest BCUT2D eigenvalue weighted by molar-refractivity contribution is -0.275. The first kappa shape index (κ1) is 13.2. The molecule has 92 valence electrons. The maximum atomic E-state index is 12.4. The van der Waals surface area contributed by atoms with Crippen molar-refractivity contribution in [3.05, 3.63) is 23.0 Å². The Morgan fingerprint density at radius 3 is 2.59 bits per heavy atom. The van der Waals surface area contributed by atoms with E-state index in [1.165, 1.54) is 6.92 Å². The predicted octanol–water partition coefficient (Wildman–Crippen LogP) is 2.82. The van der Waals surface area contributed by atoms with Crippen LogP contribution in [0.25, 0.3) is 0 Å². The first-order valence-corrected chi connectivity index (χ1v) is 4.55. The number of aryl methyl sites for hydroxylation is 1. The zero-order valence-corrected chi connectivity index (χ0v) is 8.81. The van der Waals surface area contributed by atoms with E-state index in [0.717, 1.165) is 6.07 Å². The summed E-state index contributed by atoms with van der Waals surface area (Å²) in [4.78, 5) is 3.61. The molecule has 0 aliphatic heterocycles. The molecule has 0 aromatic carbocycles. The van der Waals surface area contributed by atoms with Crippen LogP contribution >= 0.6 is 0 Å². The average Bonchev–Trinajstić information content (AvgIpc) is 2.21. The van der Waals surface area contributed by atoms with Crippen LogP contribution < -0.4 is 4.74 Å². The fourth-order valence-corrected chi connectivity index (χ4v) is 1.34. The standard InChI is InChI=1S/C10H8F4N2O/c1-6-9(17-10(12,13)14)7(2-3-15)4-8(5-11)16-6/h4H,2,5H2,1H3. The van der Waals surface area contributed by atoms with Gasteiger partial charge in [-0.05, 0) is 13.0 Å². The van der Waals surface area contributed by atoms with Gasteiger partial charge < -0.3 is 4.74 Å². The van der Waals surface area contributed by atoms with Gasteiger partial charge in [0.15, 0.2) is 5.75 Å². The van der Waals surface area contributed by atoms with Crippen molar-refractivity contribution in [1.29, 1.82) is 5.26 Å². The van der Waals surface area contributed by atoms with Crippen LogP contribution in [0, 0.1) is 18.3 Å². The molecular formula is C10H8F4N2O. The largest absolute Gasteiger partial charge is 0.573 e. The van der Waals surface area contributed by atoms with E-state index < -0.39 is 18.8 Å². The minimum Gasteiger partial charge on any atom is -0.404 e. The molecule has 1 aromatic heterocycles. The molecule has 1 heterocycles. The number of ether oxygens (including phenoxy) is 1. The Bertz CT molecular complexity index is 451. The molecule has 0 aliphatic carbocycles. The van der Waals surface area contributed by atoms with Crippen LogP contribution in [0.5, 0.6) is 5.75 Å². The number of halogens is 4. The number of pyridine rings is 1. The molecule has 0 saturated carbocycles. The molecule has 0 radical (unpaired) electrons. The second kappa shape index (κ2) is 4.99. The minimum absolute atomic E-state index is 0.0232. The van der Waals surface area contributed by atoms with Gasteiger partial charge in [0.05, 0.1) is 23.9 Å². The van der Waals surface area contributed by atoms with Crippen molar-refractivity contribution in [1.82, 2.24) is 4.98 Å². The van der Waals surface area contributed by atoms with Gasteiger partial charge in [-0.3, -0.25) is 4.98 Å². The third-order valence-corrected chi connectivity index (χ3v) is 1.90. The highest BCUT2D eigenvalue weighted by atomic mass is 19.4. The Balaban J connectivity index is 3.22. The summed E-state index contributed by atoms with van der Waals surface area (Å²) in [6.07, 6.45) is -5.17. The highest BCUT2D eigenvalue weighted by Gasteiger charge is 2.33. The summed E-state index contributed by atoms with van der Waals surface area (Å²) < 4.78 is 52.5. The SMILES string of the molecule is Cc1nc(CF)cc(CC#N)c1OC(F)(F)F. The molecule has 0 spiro atoms. The van der Waals surface area contributed by atoms with Gasteiger partial charge in [-0.25, -0.2) is 4.39 Å². The smallest absolute Gasteiger partial charge is 0.404 e. The van der Waals surface area contributed by atoms with Crippen LogP contribution in [0.3, 0.4) is 0 Å². The lowest BCUT2D eigenvalue weighted by Gasteiger charge is -2.14. The van der Waals surface area contributed by atoms with Gasteiger partial charge in [0.2, 0.25) is 0 Å². The summed E-state index contributed by atoms with van der Waals surface area (Å²) in [5.74, 6) is -0.531. The van der Waals surface area contributed by atoms with Crippen molar-refractivity contribution in [2.24, 2.45) is 0 Å². The number of aromatic nitrogens is 1. The molecule has 0 aliphatic rings. The number of alkyl halides is 4. The number of nitriles is 1. The number of hydrogen-bond donors (Lipinski definition) is 0. The van der Waals surface area contributed by atoms with Gasteiger partial charge in [-0.15, -0.1) is 13.2 Å². The molecule has 0 atom stereocenters. The summed E-state index contributed by atoms with van der Waals surface area (Å²) in [5, 5.41) is 8.50. The van der Waals surface area contributed by atoms with E-state index in [-0.39, 0.29) is 23.4 Å². The van der Waals surface area contributed by atoms with Gasteiger partial charge in [0, 0.05) is 5.56 Å². The van der Waals surface area contributed by atoms with E-state index in [1.54, 1.807) is 6.07 Å². The number of rotatable bonds is 3. The zero-order chi connectivity index (χ0) is 13.1. The molecule has 0 amide bonds. The normalized spacial score (nSPS) is 11.1. The second-order valence-corrected chi connectivity index (χ2v) is 3.20. The number of hydrogen-bond acceptors (Lipinski definition) is 3. The Morgan fingerprint density at radius 1 is 1.47 bits per heavy atom. The van der Waals surface area contributed by atoms with E-state index >= 15 is 0 Å². The van der Waals surface area contributed by atoms with Gasteiger partial charge in [0.1, 0.15) is 6.67 Å². The molecule has 3 nitrogen and oxygen atoms in total. The van der Waals surface area contributed by atoms with E-state index in [1.807, 2.05) is 0 Å². The summed E-state index contributed by atoms with van der Waals surface area (Å²) in [6, 6.07) is 2.79. The van der Waals surface area contributed by atoms with E-state index in [2.05, 4.69) is 9.72 Å². The molecule has 0 fully saturated rings. The molecule has 0 bridgehead atoms. The van der Waals surface area contributed by atoms with E-state index in [9.17, 15) is 17.6 Å². The van der Waals surface area contributed by atoms with Crippen LogP contribution in [-0.2, 0) is 13.1 Å². The Morgan fingerprint density at radius 2 is 2.12 bits per heavy atom. The molecule has 0 unspecified atom stereocenters. The molecular weight excluding hydrogens is 240 g/mol. The van der Waals surface area contributed by atoms with E-state index in [4.69, 9.17) is 5.26 Å². The number of nitrogens with zero attached hydrogens (tertiary/aromatic N) is 2. The minimum atomic E-state index is -4.87.